The number of urea groups is 1. The zero-order chi connectivity index (χ0) is 19.5. The van der Waals surface area contributed by atoms with Crippen LogP contribution in [0.5, 0.6) is 0 Å². The topological polar surface area (TPSA) is 47.1 Å². The molecule has 1 aromatic rings. The first kappa shape index (κ1) is 19.2. The van der Waals surface area contributed by atoms with E-state index in [0.29, 0.717) is 19.1 Å². The highest BCUT2D eigenvalue weighted by Gasteiger charge is 2.33. The first-order valence-corrected chi connectivity index (χ1v) is 10.8. The van der Waals surface area contributed by atoms with Gasteiger partial charge in [0.25, 0.3) is 0 Å². The van der Waals surface area contributed by atoms with Crippen molar-refractivity contribution in [2.45, 2.75) is 45.1 Å². The van der Waals surface area contributed by atoms with Gasteiger partial charge in [0.15, 0.2) is 0 Å². The molecule has 2 heterocycles. The zero-order valence-electron chi connectivity index (χ0n) is 17.0. The molecule has 2 saturated heterocycles. The molecule has 2 aliphatic heterocycles. The molecule has 0 bridgehead atoms. The van der Waals surface area contributed by atoms with Gasteiger partial charge in [-0.25, -0.2) is 4.79 Å². The number of hydrogen-bond acceptors (Lipinski definition) is 3. The number of hydrogen-bond donors (Lipinski definition) is 0. The predicted molar refractivity (Wildman–Crippen MR) is 111 cm³/mol. The van der Waals surface area contributed by atoms with Crippen LogP contribution in [0.3, 0.4) is 0 Å². The largest absolute Gasteiger partial charge is 0.339 e. The summed E-state index contributed by atoms with van der Waals surface area (Å²) in [5, 5.41) is 0. The second kappa shape index (κ2) is 8.52. The summed E-state index contributed by atoms with van der Waals surface area (Å²) in [6.07, 6.45) is 6.69. The highest BCUT2D eigenvalue weighted by Crippen LogP contribution is 2.24. The Morgan fingerprint density at radius 2 is 1.61 bits per heavy atom. The van der Waals surface area contributed by atoms with Crippen molar-refractivity contribution >= 4 is 17.6 Å². The van der Waals surface area contributed by atoms with Crippen LogP contribution in [0.4, 0.5) is 10.5 Å². The number of carbonyl (C=O) groups excluding carboxylic acids is 2. The van der Waals surface area contributed by atoms with Crippen LogP contribution in [0, 0.1) is 6.92 Å². The second-order valence-electron chi connectivity index (χ2n) is 8.40. The smallest absolute Gasteiger partial charge is 0.325 e. The lowest BCUT2D eigenvalue weighted by Crippen LogP contribution is -2.54. The number of aryl methyl sites for hydroxylation is 1. The normalized spacial score (nSPS) is 22.2. The van der Waals surface area contributed by atoms with Crippen LogP contribution in [-0.2, 0) is 4.79 Å². The Labute approximate surface area is 168 Å². The summed E-state index contributed by atoms with van der Waals surface area (Å²) < 4.78 is 0. The Hall–Kier alpha value is -2.08. The minimum atomic E-state index is -0.0574. The minimum Gasteiger partial charge on any atom is -0.339 e. The third-order valence-corrected chi connectivity index (χ3v) is 6.52. The van der Waals surface area contributed by atoms with Crippen LogP contribution >= 0.6 is 0 Å². The Morgan fingerprint density at radius 1 is 0.929 bits per heavy atom. The molecule has 0 unspecified atom stereocenters. The average molecular weight is 385 g/mol. The Bertz CT molecular complexity index is 691. The van der Waals surface area contributed by atoms with Crippen molar-refractivity contribution in [3.63, 3.8) is 0 Å². The van der Waals surface area contributed by atoms with Gasteiger partial charge >= 0.3 is 6.03 Å². The van der Waals surface area contributed by atoms with E-state index in [2.05, 4.69) is 4.90 Å². The Kier molecular flexibility index (Phi) is 5.85. The Balaban J connectivity index is 1.27. The quantitative estimate of drug-likeness (QED) is 0.802. The van der Waals surface area contributed by atoms with Crippen LogP contribution in [-0.4, -0.2) is 78.5 Å². The van der Waals surface area contributed by atoms with Gasteiger partial charge in [-0.15, -0.1) is 0 Å². The molecule has 1 aromatic carbocycles. The van der Waals surface area contributed by atoms with Gasteiger partial charge in [0.2, 0.25) is 5.91 Å². The van der Waals surface area contributed by atoms with Crippen molar-refractivity contribution in [1.29, 1.82) is 0 Å². The second-order valence-corrected chi connectivity index (χ2v) is 8.40. The standard InChI is InChI=1S/C22H32N4O2/c1-18-7-9-20(10-8-18)26-16-15-25(22(26)28)17-21(27)24-13-11-23(12-14-24)19-5-3-2-4-6-19/h7-10,19H,2-6,11-17H2,1H3. The van der Waals surface area contributed by atoms with E-state index in [1.165, 1.54) is 37.7 Å². The first-order valence-electron chi connectivity index (χ1n) is 10.8. The SMILES string of the molecule is Cc1ccc(N2CCN(CC(=O)N3CCN(C4CCCCC4)CC3)C2=O)cc1. The zero-order valence-corrected chi connectivity index (χ0v) is 17.0. The molecular formula is C22H32N4O2. The fourth-order valence-electron chi connectivity index (χ4n) is 4.74. The van der Waals surface area contributed by atoms with E-state index >= 15 is 0 Å². The fraction of sp³-hybridized carbons (Fsp3) is 0.636. The molecule has 1 aliphatic carbocycles. The summed E-state index contributed by atoms with van der Waals surface area (Å²) in [4.78, 5) is 33.5. The summed E-state index contributed by atoms with van der Waals surface area (Å²) >= 11 is 0. The molecule has 3 fully saturated rings. The lowest BCUT2D eigenvalue weighted by atomic mass is 9.94. The van der Waals surface area contributed by atoms with Gasteiger partial charge in [0, 0.05) is 51.0 Å². The van der Waals surface area contributed by atoms with Crippen LogP contribution in [0.2, 0.25) is 0 Å². The van der Waals surface area contributed by atoms with Gasteiger partial charge in [-0.3, -0.25) is 14.6 Å². The number of amides is 3. The summed E-state index contributed by atoms with van der Waals surface area (Å²) in [7, 11) is 0. The number of carbonyl (C=O) groups is 2. The Morgan fingerprint density at radius 3 is 2.29 bits per heavy atom. The monoisotopic (exact) mass is 384 g/mol. The predicted octanol–water partition coefficient (Wildman–Crippen LogP) is 2.71. The minimum absolute atomic E-state index is 0.0574. The molecule has 6 heteroatoms. The third kappa shape index (κ3) is 4.17. The maximum absolute atomic E-state index is 12.8. The number of rotatable bonds is 4. The van der Waals surface area contributed by atoms with E-state index in [4.69, 9.17) is 0 Å². The molecule has 0 atom stereocenters. The third-order valence-electron chi connectivity index (χ3n) is 6.52. The lowest BCUT2D eigenvalue weighted by Gasteiger charge is -2.41. The number of anilines is 1. The van der Waals surface area contributed by atoms with Crippen LogP contribution in [0.15, 0.2) is 24.3 Å². The maximum atomic E-state index is 12.8. The molecular weight excluding hydrogens is 352 g/mol. The van der Waals surface area contributed by atoms with Crippen molar-refractivity contribution in [3.05, 3.63) is 29.8 Å². The molecule has 4 rings (SSSR count). The molecule has 152 valence electrons. The molecule has 0 N–H and O–H groups in total. The molecule has 28 heavy (non-hydrogen) atoms. The van der Waals surface area contributed by atoms with E-state index in [1.807, 2.05) is 36.1 Å². The van der Waals surface area contributed by atoms with E-state index < -0.39 is 0 Å². The van der Waals surface area contributed by atoms with E-state index in [-0.39, 0.29) is 18.5 Å². The summed E-state index contributed by atoms with van der Waals surface area (Å²) in [5.74, 6) is 0.0856. The molecule has 1 saturated carbocycles. The van der Waals surface area contributed by atoms with Crippen molar-refractivity contribution in [2.24, 2.45) is 0 Å². The van der Waals surface area contributed by atoms with Crippen LogP contribution < -0.4 is 4.90 Å². The highest BCUT2D eigenvalue weighted by molar-refractivity contribution is 5.96. The highest BCUT2D eigenvalue weighted by atomic mass is 16.2. The van der Waals surface area contributed by atoms with Gasteiger partial charge in [0.1, 0.15) is 6.54 Å². The lowest BCUT2D eigenvalue weighted by molar-refractivity contribution is -0.133. The van der Waals surface area contributed by atoms with Crippen molar-refractivity contribution in [2.75, 3.05) is 50.7 Å². The van der Waals surface area contributed by atoms with Crippen molar-refractivity contribution in [1.82, 2.24) is 14.7 Å². The van der Waals surface area contributed by atoms with Crippen molar-refractivity contribution < 1.29 is 9.59 Å². The molecule has 3 aliphatic rings. The fourth-order valence-corrected chi connectivity index (χ4v) is 4.74. The van der Waals surface area contributed by atoms with Gasteiger partial charge in [-0.2, -0.15) is 0 Å². The van der Waals surface area contributed by atoms with Crippen molar-refractivity contribution in [3.8, 4) is 0 Å². The molecule has 0 radical (unpaired) electrons. The first-order chi connectivity index (χ1) is 13.6. The van der Waals surface area contributed by atoms with E-state index in [1.54, 1.807) is 9.80 Å². The number of nitrogens with zero attached hydrogens (tertiary/aromatic N) is 4. The number of benzene rings is 1. The molecule has 3 amide bonds. The maximum Gasteiger partial charge on any atom is 0.325 e. The molecule has 6 nitrogen and oxygen atoms in total. The summed E-state index contributed by atoms with van der Waals surface area (Å²) in [5.41, 5.74) is 2.08. The van der Waals surface area contributed by atoms with Crippen LogP contribution in [0.1, 0.15) is 37.7 Å². The summed E-state index contributed by atoms with van der Waals surface area (Å²) in [6, 6.07) is 8.64. The molecule has 0 aromatic heterocycles. The number of piperazine rings is 1. The van der Waals surface area contributed by atoms with E-state index in [9.17, 15) is 9.59 Å². The molecule has 0 spiro atoms. The average Bonchev–Trinajstić information content (AvgIpc) is 3.09. The van der Waals surface area contributed by atoms with Gasteiger partial charge in [-0.1, -0.05) is 37.0 Å². The van der Waals surface area contributed by atoms with Gasteiger partial charge in [0.05, 0.1) is 0 Å². The summed E-state index contributed by atoms with van der Waals surface area (Å²) in [6.45, 7) is 7.02. The van der Waals surface area contributed by atoms with Gasteiger partial charge in [-0.05, 0) is 31.9 Å². The van der Waals surface area contributed by atoms with Crippen LogP contribution in [0.25, 0.3) is 0 Å². The van der Waals surface area contributed by atoms with E-state index in [0.717, 1.165) is 31.9 Å². The van der Waals surface area contributed by atoms with Gasteiger partial charge < -0.3 is 9.80 Å².